The molecule has 1 amide bonds. The van der Waals surface area contributed by atoms with Gasteiger partial charge in [-0.05, 0) is 36.6 Å². The van der Waals surface area contributed by atoms with Crippen LogP contribution in [-0.4, -0.2) is 22.0 Å². The molecule has 0 radical (unpaired) electrons. The molecule has 1 aromatic heterocycles. The van der Waals surface area contributed by atoms with Crippen molar-refractivity contribution in [3.63, 3.8) is 0 Å². The summed E-state index contributed by atoms with van der Waals surface area (Å²) in [6, 6.07) is 17.8. The van der Waals surface area contributed by atoms with Crippen molar-refractivity contribution in [2.75, 3.05) is 6.54 Å². The van der Waals surface area contributed by atoms with Gasteiger partial charge in [-0.25, -0.2) is 4.98 Å². The van der Waals surface area contributed by atoms with Gasteiger partial charge in [-0.3, -0.25) is 4.79 Å². The number of carbonyl (C=O) groups excluding carboxylic acids is 1. The van der Waals surface area contributed by atoms with Crippen molar-refractivity contribution < 1.29 is 9.53 Å². The first kappa shape index (κ1) is 17.7. The summed E-state index contributed by atoms with van der Waals surface area (Å²) in [5.74, 6) is 0.834. The number of imidazole rings is 1. The van der Waals surface area contributed by atoms with Crippen molar-refractivity contribution in [1.29, 1.82) is 0 Å². The van der Waals surface area contributed by atoms with Gasteiger partial charge in [0.05, 0.1) is 6.33 Å². The third-order valence-electron chi connectivity index (χ3n) is 4.24. The van der Waals surface area contributed by atoms with Crippen LogP contribution in [0.1, 0.15) is 24.1 Å². The molecule has 26 heavy (non-hydrogen) atoms. The van der Waals surface area contributed by atoms with E-state index in [1.165, 1.54) is 0 Å². The molecule has 0 saturated carbocycles. The summed E-state index contributed by atoms with van der Waals surface area (Å²) >= 11 is 0. The van der Waals surface area contributed by atoms with Gasteiger partial charge in [-0.2, -0.15) is 0 Å². The number of benzene rings is 2. The minimum atomic E-state index is -0.258. The van der Waals surface area contributed by atoms with Crippen LogP contribution in [0.2, 0.25) is 0 Å². The van der Waals surface area contributed by atoms with Crippen LogP contribution < -0.4 is 10.1 Å². The van der Waals surface area contributed by atoms with Crippen molar-refractivity contribution in [2.24, 2.45) is 0 Å². The first-order valence-corrected chi connectivity index (χ1v) is 8.73. The van der Waals surface area contributed by atoms with Gasteiger partial charge in [-0.1, -0.05) is 42.5 Å². The number of nitrogens with zero attached hydrogens (tertiary/aromatic N) is 2. The lowest BCUT2D eigenvalue weighted by molar-refractivity contribution is -0.123. The van der Waals surface area contributed by atoms with E-state index >= 15 is 0 Å². The number of amides is 1. The van der Waals surface area contributed by atoms with Crippen molar-refractivity contribution >= 4 is 5.91 Å². The fraction of sp³-hybridized carbons (Fsp3) is 0.238. The number of hydrogen-bond donors (Lipinski definition) is 1. The van der Waals surface area contributed by atoms with Gasteiger partial charge in [0.25, 0.3) is 0 Å². The summed E-state index contributed by atoms with van der Waals surface area (Å²) in [6.07, 6.45) is 5.89. The van der Waals surface area contributed by atoms with Crippen LogP contribution in [-0.2, 0) is 17.8 Å². The predicted molar refractivity (Wildman–Crippen MR) is 101 cm³/mol. The third-order valence-corrected chi connectivity index (χ3v) is 4.24. The van der Waals surface area contributed by atoms with Crippen LogP contribution >= 0.6 is 0 Å². The van der Waals surface area contributed by atoms with Crippen LogP contribution in [0.4, 0.5) is 0 Å². The zero-order valence-electron chi connectivity index (χ0n) is 14.8. The summed E-state index contributed by atoms with van der Waals surface area (Å²) in [5, 5.41) is 2.96. The Kier molecular flexibility index (Phi) is 6.04. The molecule has 5 heteroatoms. The maximum atomic E-state index is 12.1. The summed E-state index contributed by atoms with van der Waals surface area (Å²) in [5.41, 5.74) is 2.30. The standard InChI is InChI=1S/C21H23N3O2/c1-17(24-14-13-22-16-24)21(25)23-12-11-18-7-9-20(10-8-18)26-15-19-5-3-2-4-6-19/h2-10,13-14,16-17H,11-12,15H2,1H3,(H,23,25). The molecule has 134 valence electrons. The molecule has 3 rings (SSSR count). The zero-order valence-corrected chi connectivity index (χ0v) is 14.8. The number of carbonyl (C=O) groups is 1. The molecule has 0 saturated heterocycles. The van der Waals surface area contributed by atoms with Crippen molar-refractivity contribution in [2.45, 2.75) is 26.0 Å². The van der Waals surface area contributed by atoms with Crippen molar-refractivity contribution in [1.82, 2.24) is 14.9 Å². The van der Waals surface area contributed by atoms with Gasteiger partial charge in [0.15, 0.2) is 0 Å². The molecular formula is C21H23N3O2. The van der Waals surface area contributed by atoms with Gasteiger partial charge in [-0.15, -0.1) is 0 Å². The number of rotatable bonds is 8. The number of hydrogen-bond acceptors (Lipinski definition) is 3. The Labute approximate surface area is 153 Å². The van der Waals surface area contributed by atoms with Gasteiger partial charge < -0.3 is 14.6 Å². The molecule has 0 fully saturated rings. The Hall–Kier alpha value is -3.08. The Balaban J connectivity index is 1.42. The van der Waals surface area contributed by atoms with Crippen LogP contribution in [0.25, 0.3) is 0 Å². The molecular weight excluding hydrogens is 326 g/mol. The Morgan fingerprint density at radius 2 is 1.88 bits per heavy atom. The minimum Gasteiger partial charge on any atom is -0.489 e. The van der Waals surface area contributed by atoms with Gasteiger partial charge in [0.2, 0.25) is 5.91 Å². The van der Waals surface area contributed by atoms with Gasteiger partial charge in [0, 0.05) is 18.9 Å². The molecule has 2 aromatic carbocycles. The largest absolute Gasteiger partial charge is 0.489 e. The fourth-order valence-corrected chi connectivity index (χ4v) is 2.60. The first-order valence-electron chi connectivity index (χ1n) is 8.73. The van der Waals surface area contributed by atoms with Gasteiger partial charge in [0.1, 0.15) is 18.4 Å². The monoisotopic (exact) mass is 349 g/mol. The first-order chi connectivity index (χ1) is 12.7. The van der Waals surface area contributed by atoms with Crippen LogP contribution in [0, 0.1) is 0 Å². The van der Waals surface area contributed by atoms with E-state index in [1.54, 1.807) is 23.3 Å². The molecule has 3 aromatic rings. The highest BCUT2D eigenvalue weighted by molar-refractivity contribution is 5.79. The third kappa shape index (κ3) is 4.96. The Morgan fingerprint density at radius 3 is 2.58 bits per heavy atom. The summed E-state index contributed by atoms with van der Waals surface area (Å²) < 4.78 is 7.57. The van der Waals surface area contributed by atoms with E-state index in [0.29, 0.717) is 13.2 Å². The molecule has 0 aliphatic rings. The lowest BCUT2D eigenvalue weighted by atomic mass is 10.1. The number of ether oxygens (including phenoxy) is 1. The van der Waals surface area contributed by atoms with E-state index in [4.69, 9.17) is 4.74 Å². The number of nitrogens with one attached hydrogen (secondary N) is 1. The maximum Gasteiger partial charge on any atom is 0.242 e. The second-order valence-corrected chi connectivity index (χ2v) is 6.15. The molecule has 1 heterocycles. The van der Waals surface area contributed by atoms with Crippen LogP contribution in [0.15, 0.2) is 73.3 Å². The highest BCUT2D eigenvalue weighted by Gasteiger charge is 2.13. The molecule has 1 unspecified atom stereocenters. The molecule has 0 aliphatic heterocycles. The van der Waals surface area contributed by atoms with Crippen molar-refractivity contribution in [3.8, 4) is 5.75 Å². The Bertz CT molecular complexity index is 799. The quantitative estimate of drug-likeness (QED) is 0.678. The predicted octanol–water partition coefficient (Wildman–Crippen LogP) is 3.38. The van der Waals surface area contributed by atoms with E-state index in [-0.39, 0.29) is 11.9 Å². The van der Waals surface area contributed by atoms with E-state index in [2.05, 4.69) is 10.3 Å². The van der Waals surface area contributed by atoms with E-state index in [9.17, 15) is 4.79 Å². The molecule has 1 N–H and O–H groups in total. The number of aromatic nitrogens is 2. The van der Waals surface area contributed by atoms with E-state index in [1.807, 2.05) is 61.5 Å². The molecule has 0 bridgehead atoms. The molecule has 0 spiro atoms. The average Bonchev–Trinajstić information content (AvgIpc) is 3.22. The summed E-state index contributed by atoms with van der Waals surface area (Å²) in [4.78, 5) is 16.1. The zero-order chi connectivity index (χ0) is 18.2. The minimum absolute atomic E-state index is 0.00851. The normalized spacial score (nSPS) is 11.7. The summed E-state index contributed by atoms with van der Waals surface area (Å²) in [6.45, 7) is 3.01. The van der Waals surface area contributed by atoms with E-state index < -0.39 is 0 Å². The maximum absolute atomic E-state index is 12.1. The molecule has 1 atom stereocenters. The van der Waals surface area contributed by atoms with Crippen molar-refractivity contribution in [3.05, 3.63) is 84.4 Å². The smallest absolute Gasteiger partial charge is 0.242 e. The molecule has 0 aliphatic carbocycles. The Morgan fingerprint density at radius 1 is 1.12 bits per heavy atom. The second-order valence-electron chi connectivity index (χ2n) is 6.15. The van der Waals surface area contributed by atoms with Crippen LogP contribution in [0.3, 0.4) is 0 Å². The van der Waals surface area contributed by atoms with E-state index in [0.717, 1.165) is 23.3 Å². The SMILES string of the molecule is CC(C(=O)NCCc1ccc(OCc2ccccc2)cc1)n1ccnc1. The van der Waals surface area contributed by atoms with Gasteiger partial charge >= 0.3 is 0 Å². The summed E-state index contributed by atoms with van der Waals surface area (Å²) in [7, 11) is 0. The highest BCUT2D eigenvalue weighted by Crippen LogP contribution is 2.14. The second kappa shape index (κ2) is 8.85. The lowest BCUT2D eigenvalue weighted by Gasteiger charge is -2.13. The highest BCUT2D eigenvalue weighted by atomic mass is 16.5. The fourth-order valence-electron chi connectivity index (χ4n) is 2.60. The lowest BCUT2D eigenvalue weighted by Crippen LogP contribution is -2.32. The van der Waals surface area contributed by atoms with Crippen LogP contribution in [0.5, 0.6) is 5.75 Å². The molecule has 5 nitrogen and oxygen atoms in total. The topological polar surface area (TPSA) is 56.1 Å². The average molecular weight is 349 g/mol.